The fourth-order valence-electron chi connectivity index (χ4n) is 5.15. The first-order valence-corrected chi connectivity index (χ1v) is 15.2. The maximum atomic E-state index is 11.5. The lowest BCUT2D eigenvalue weighted by molar-refractivity contribution is -0.107. The highest BCUT2D eigenvalue weighted by Crippen LogP contribution is 2.65. The third-order valence-electron chi connectivity index (χ3n) is 8.15. The summed E-state index contributed by atoms with van der Waals surface area (Å²) in [5.74, 6) is -0.374. The predicted molar refractivity (Wildman–Crippen MR) is 135 cm³/mol. The van der Waals surface area contributed by atoms with E-state index in [0.29, 0.717) is 53.0 Å². The van der Waals surface area contributed by atoms with E-state index in [4.69, 9.17) is 15.7 Å². The van der Waals surface area contributed by atoms with Crippen LogP contribution in [0.15, 0.2) is 12.1 Å². The standard InChI is InChI=1S/C24H30N4O5SSi/c1-22(2,3)35(6,7)32-11-10-24-12-15(29)23(4,33-24)16-17(24)21(31)28(20(16)30)14-9-8-13(25-5)18-19(14)27-34-26-18/h8-9,15,29-31H,10-12H2,1-4,6-7H3/t15-,23?,24?/m1/s1. The Kier molecular flexibility index (Phi) is 5.19. The molecule has 5 rings (SSSR count). The molecule has 9 nitrogen and oxygen atoms in total. The fraction of sp³-hybridized carbons (Fsp3) is 0.542. The maximum Gasteiger partial charge on any atom is 0.215 e. The average Bonchev–Trinajstić information content (AvgIpc) is 3.47. The summed E-state index contributed by atoms with van der Waals surface area (Å²) in [5.41, 5.74) is 0.287. The van der Waals surface area contributed by atoms with Crippen molar-refractivity contribution in [3.05, 3.63) is 34.7 Å². The van der Waals surface area contributed by atoms with E-state index < -0.39 is 25.6 Å². The molecule has 2 aliphatic rings. The van der Waals surface area contributed by atoms with Crippen molar-refractivity contribution < 1.29 is 24.5 Å². The Balaban J connectivity index is 1.61. The van der Waals surface area contributed by atoms with Gasteiger partial charge in [0.25, 0.3) is 0 Å². The lowest BCUT2D eigenvalue weighted by Gasteiger charge is -2.37. The summed E-state index contributed by atoms with van der Waals surface area (Å²) in [7, 11) is -2.01. The zero-order valence-corrected chi connectivity index (χ0v) is 22.5. The second-order valence-electron chi connectivity index (χ2n) is 11.2. The molecule has 11 heteroatoms. The summed E-state index contributed by atoms with van der Waals surface area (Å²) in [5, 5.41) is 33.9. The highest BCUT2D eigenvalue weighted by Gasteiger charge is 2.66. The number of fused-ring (bicyclic) bond motifs is 6. The van der Waals surface area contributed by atoms with E-state index in [9.17, 15) is 15.3 Å². The summed E-state index contributed by atoms with van der Waals surface area (Å²) in [6.07, 6.45) is -0.131. The molecule has 0 saturated carbocycles. The van der Waals surface area contributed by atoms with Crippen LogP contribution in [0.2, 0.25) is 18.1 Å². The molecule has 3 atom stereocenters. The van der Waals surface area contributed by atoms with Crippen LogP contribution in [-0.2, 0) is 20.4 Å². The summed E-state index contributed by atoms with van der Waals surface area (Å²) < 4.78 is 22.7. The Labute approximate surface area is 209 Å². The van der Waals surface area contributed by atoms with Crippen molar-refractivity contribution in [3.63, 3.8) is 0 Å². The van der Waals surface area contributed by atoms with Crippen molar-refractivity contribution in [3.8, 4) is 17.4 Å². The Hall–Kier alpha value is -2.49. The Morgan fingerprint density at radius 2 is 1.89 bits per heavy atom. The van der Waals surface area contributed by atoms with Crippen LogP contribution in [0.1, 0.15) is 51.7 Å². The van der Waals surface area contributed by atoms with Crippen molar-refractivity contribution in [2.45, 2.75) is 76.0 Å². The number of hydrogen-bond donors (Lipinski definition) is 3. The summed E-state index contributed by atoms with van der Waals surface area (Å²) in [4.78, 5) is 3.49. The number of aromatic hydroxyl groups is 2. The number of nitrogens with zero attached hydrogens (tertiary/aromatic N) is 4. The molecule has 3 aromatic rings. The lowest BCUT2D eigenvalue weighted by atomic mass is 9.76. The molecule has 3 N–H and O–H groups in total. The molecule has 0 radical (unpaired) electrons. The summed E-state index contributed by atoms with van der Waals surface area (Å²) >= 11 is 0.964. The van der Waals surface area contributed by atoms with Crippen LogP contribution in [0.25, 0.3) is 21.6 Å². The first-order valence-electron chi connectivity index (χ1n) is 11.6. The van der Waals surface area contributed by atoms with Gasteiger partial charge in [0.15, 0.2) is 8.32 Å². The van der Waals surface area contributed by atoms with Gasteiger partial charge in [-0.1, -0.05) is 26.8 Å². The third kappa shape index (κ3) is 3.21. The third-order valence-corrected chi connectivity index (χ3v) is 13.2. The number of rotatable bonds is 5. The molecular formula is C24H30N4O5SSi. The molecule has 2 aliphatic heterocycles. The topological polar surface area (TPSA) is 114 Å². The highest BCUT2D eigenvalue weighted by atomic mass is 32.1. The van der Waals surface area contributed by atoms with E-state index >= 15 is 0 Å². The molecule has 1 fully saturated rings. The molecule has 2 aromatic heterocycles. The monoisotopic (exact) mass is 514 g/mol. The largest absolute Gasteiger partial charge is 0.494 e. The molecule has 0 amide bonds. The van der Waals surface area contributed by atoms with Crippen molar-refractivity contribution in [2.75, 3.05) is 6.61 Å². The van der Waals surface area contributed by atoms with E-state index in [1.807, 2.05) is 0 Å². The van der Waals surface area contributed by atoms with Crippen LogP contribution in [0.3, 0.4) is 0 Å². The Morgan fingerprint density at radius 1 is 1.23 bits per heavy atom. The first kappa shape index (κ1) is 24.2. The molecular weight excluding hydrogens is 484 g/mol. The minimum absolute atomic E-state index is 0.0459. The van der Waals surface area contributed by atoms with E-state index in [-0.39, 0.29) is 16.8 Å². The Bertz CT molecular complexity index is 1390. The van der Waals surface area contributed by atoms with Crippen molar-refractivity contribution in [1.82, 2.24) is 13.3 Å². The zero-order chi connectivity index (χ0) is 25.6. The van der Waals surface area contributed by atoms with Crippen LogP contribution >= 0.6 is 11.7 Å². The highest BCUT2D eigenvalue weighted by molar-refractivity contribution is 7.00. The van der Waals surface area contributed by atoms with E-state index in [1.54, 1.807) is 19.1 Å². The number of aliphatic hydroxyl groups is 1. The molecule has 2 unspecified atom stereocenters. The molecule has 4 heterocycles. The van der Waals surface area contributed by atoms with Gasteiger partial charge in [-0.15, -0.1) is 0 Å². The van der Waals surface area contributed by atoms with Gasteiger partial charge < -0.3 is 24.5 Å². The van der Waals surface area contributed by atoms with Gasteiger partial charge in [0.05, 0.1) is 41.2 Å². The number of aromatic nitrogens is 3. The van der Waals surface area contributed by atoms with E-state index in [0.717, 1.165) is 11.7 Å². The van der Waals surface area contributed by atoms with Gasteiger partial charge in [-0.2, -0.15) is 8.75 Å². The number of aliphatic hydroxyl groups excluding tert-OH is 1. The second kappa shape index (κ2) is 7.50. The molecule has 1 saturated heterocycles. The van der Waals surface area contributed by atoms with E-state index in [2.05, 4.69) is 47.5 Å². The van der Waals surface area contributed by atoms with Crippen LogP contribution in [-0.4, -0.2) is 49.7 Å². The van der Waals surface area contributed by atoms with Crippen molar-refractivity contribution in [2.24, 2.45) is 0 Å². The average molecular weight is 515 g/mol. The van der Waals surface area contributed by atoms with Gasteiger partial charge in [-0.3, -0.25) is 0 Å². The molecule has 35 heavy (non-hydrogen) atoms. The zero-order valence-electron chi connectivity index (χ0n) is 20.7. The summed E-state index contributed by atoms with van der Waals surface area (Å²) in [6, 6.07) is 3.24. The summed E-state index contributed by atoms with van der Waals surface area (Å²) in [6.45, 7) is 20.4. The maximum absolute atomic E-state index is 11.5. The van der Waals surface area contributed by atoms with Crippen LogP contribution < -0.4 is 0 Å². The normalized spacial score (nSPS) is 25.8. The second-order valence-corrected chi connectivity index (χ2v) is 16.5. The predicted octanol–water partition coefficient (Wildman–Crippen LogP) is 5.06. The smallest absolute Gasteiger partial charge is 0.215 e. The molecule has 0 spiro atoms. The van der Waals surface area contributed by atoms with Crippen LogP contribution in [0.5, 0.6) is 11.8 Å². The van der Waals surface area contributed by atoms with E-state index in [1.165, 1.54) is 4.57 Å². The molecule has 186 valence electrons. The molecule has 1 aromatic carbocycles. The fourth-order valence-corrected chi connectivity index (χ4v) is 6.76. The van der Waals surface area contributed by atoms with Crippen LogP contribution in [0, 0.1) is 6.57 Å². The Morgan fingerprint density at radius 3 is 2.54 bits per heavy atom. The van der Waals surface area contributed by atoms with Crippen molar-refractivity contribution >= 4 is 36.8 Å². The quantitative estimate of drug-likeness (QED) is 0.322. The number of benzene rings is 1. The molecule has 0 aliphatic carbocycles. The lowest BCUT2D eigenvalue weighted by Crippen LogP contribution is -2.42. The van der Waals surface area contributed by atoms with Gasteiger partial charge >= 0.3 is 0 Å². The SMILES string of the molecule is [C-]#[N+]c1ccc(-n2c(O)c3c(c2O)C2(C)OC3(CCO[Si](C)(C)C(C)(C)C)C[C@H]2O)c2nsnc12. The minimum Gasteiger partial charge on any atom is -0.494 e. The minimum atomic E-state index is -2.01. The van der Waals surface area contributed by atoms with Gasteiger partial charge in [-0.05, 0) is 31.1 Å². The number of ether oxygens (including phenoxy) is 1. The molecule has 2 bridgehead atoms. The van der Waals surface area contributed by atoms with Gasteiger partial charge in [-0.25, -0.2) is 9.41 Å². The van der Waals surface area contributed by atoms with Crippen LogP contribution in [0.4, 0.5) is 5.69 Å². The first-order chi connectivity index (χ1) is 16.3. The van der Waals surface area contributed by atoms with Crippen molar-refractivity contribution in [1.29, 1.82) is 0 Å². The van der Waals surface area contributed by atoms with Gasteiger partial charge in [0.2, 0.25) is 17.4 Å². The van der Waals surface area contributed by atoms with Gasteiger partial charge in [0.1, 0.15) is 22.2 Å². The van der Waals surface area contributed by atoms with Gasteiger partial charge in [0, 0.05) is 19.4 Å². The number of hydrogen-bond acceptors (Lipinski definition) is 8.